The second-order valence-corrected chi connectivity index (χ2v) is 8.03. The third-order valence-corrected chi connectivity index (χ3v) is 4.59. The van der Waals surface area contributed by atoms with Gasteiger partial charge in [0.2, 0.25) is 0 Å². The first-order chi connectivity index (χ1) is 12.6. The Bertz CT molecular complexity index is 671. The van der Waals surface area contributed by atoms with Crippen LogP contribution in [-0.4, -0.2) is 64.8 Å². The van der Waals surface area contributed by atoms with Crippen LogP contribution in [0.1, 0.15) is 56.8 Å². The summed E-state index contributed by atoms with van der Waals surface area (Å²) < 4.78 is 10.9. The third-order valence-electron chi connectivity index (χ3n) is 4.27. The summed E-state index contributed by atoms with van der Waals surface area (Å²) in [6, 6.07) is -0.236. The fraction of sp³-hybridized carbons (Fsp3) is 0.722. The Kier molecular flexibility index (Phi) is 7.11. The lowest BCUT2D eigenvalue weighted by molar-refractivity contribution is -0.0172. The molecule has 0 spiro atoms. The van der Waals surface area contributed by atoms with Crippen molar-refractivity contribution < 1.29 is 19.1 Å². The minimum atomic E-state index is -0.556. The van der Waals surface area contributed by atoms with Gasteiger partial charge in [0.25, 0.3) is 5.91 Å². The highest BCUT2D eigenvalue weighted by Gasteiger charge is 2.35. The van der Waals surface area contributed by atoms with Crippen molar-refractivity contribution in [1.82, 2.24) is 20.2 Å². The van der Waals surface area contributed by atoms with Gasteiger partial charge in [-0.2, -0.15) is 0 Å². The van der Waals surface area contributed by atoms with E-state index < -0.39 is 5.60 Å². The Morgan fingerprint density at radius 2 is 2.11 bits per heavy atom. The molecule has 1 fully saturated rings. The van der Waals surface area contributed by atoms with Gasteiger partial charge in [-0.05, 0) is 33.6 Å². The van der Waals surface area contributed by atoms with Crippen LogP contribution in [0.5, 0.6) is 0 Å². The summed E-state index contributed by atoms with van der Waals surface area (Å²) in [6.45, 7) is 8.32. The summed E-state index contributed by atoms with van der Waals surface area (Å²) in [7, 11) is 1.56. The number of ether oxygens (including phenoxy) is 2. The Morgan fingerprint density at radius 3 is 2.70 bits per heavy atom. The minimum Gasteiger partial charge on any atom is -0.444 e. The summed E-state index contributed by atoms with van der Waals surface area (Å²) in [5.74, 6) is -0.148. The molecule has 2 amide bonds. The fourth-order valence-corrected chi connectivity index (χ4v) is 3.19. The first-order valence-corrected chi connectivity index (χ1v) is 9.58. The number of imidazole rings is 1. The molecule has 2 atom stereocenters. The monoisotopic (exact) mass is 400 g/mol. The highest BCUT2D eigenvalue weighted by Crippen LogP contribution is 2.19. The molecular weight excluding hydrogens is 372 g/mol. The number of carbonyl (C=O) groups excluding carboxylic acids is 2. The number of nitrogens with zero attached hydrogens (tertiary/aromatic N) is 2. The molecule has 0 bridgehead atoms. The number of aromatic amines is 1. The average molecular weight is 401 g/mol. The van der Waals surface area contributed by atoms with Gasteiger partial charge in [0.05, 0.1) is 24.4 Å². The Balaban J connectivity index is 1.98. The Morgan fingerprint density at radius 1 is 1.41 bits per heavy atom. The zero-order valence-electron chi connectivity index (χ0n) is 16.6. The number of hydrogen-bond acceptors (Lipinski definition) is 5. The first kappa shape index (κ1) is 21.5. The van der Waals surface area contributed by atoms with Gasteiger partial charge in [0.1, 0.15) is 5.60 Å². The molecule has 1 aliphatic rings. The van der Waals surface area contributed by atoms with Crippen molar-refractivity contribution in [3.05, 3.63) is 16.7 Å². The molecule has 1 aromatic heterocycles. The maximum Gasteiger partial charge on any atom is 0.410 e. The van der Waals surface area contributed by atoms with Gasteiger partial charge in [-0.3, -0.25) is 4.79 Å². The van der Waals surface area contributed by atoms with Crippen LogP contribution < -0.4 is 5.32 Å². The number of aryl methyl sites for hydroxylation is 1. The van der Waals surface area contributed by atoms with Crippen LogP contribution in [0.3, 0.4) is 0 Å². The smallest absolute Gasteiger partial charge is 0.410 e. The van der Waals surface area contributed by atoms with Crippen molar-refractivity contribution in [1.29, 1.82) is 0 Å². The van der Waals surface area contributed by atoms with Crippen molar-refractivity contribution in [2.24, 2.45) is 0 Å². The van der Waals surface area contributed by atoms with E-state index in [4.69, 9.17) is 21.1 Å². The molecule has 0 radical (unpaired) electrons. The molecule has 27 heavy (non-hydrogen) atoms. The minimum absolute atomic E-state index is 0.188. The van der Waals surface area contributed by atoms with E-state index >= 15 is 0 Å². The fourth-order valence-electron chi connectivity index (χ4n) is 2.96. The van der Waals surface area contributed by atoms with E-state index in [1.807, 2.05) is 27.7 Å². The van der Waals surface area contributed by atoms with E-state index in [0.29, 0.717) is 24.7 Å². The second-order valence-electron chi connectivity index (χ2n) is 7.67. The number of amides is 2. The van der Waals surface area contributed by atoms with Crippen LogP contribution in [0.15, 0.2) is 0 Å². The SMILES string of the molecule is CCCc1[nH]c(C(=O)NC2CCN(C(=O)OC(C)(C)C)CC2OC)nc1Cl. The average Bonchev–Trinajstić information content (AvgIpc) is 2.95. The number of hydrogen-bond donors (Lipinski definition) is 2. The van der Waals surface area contributed by atoms with E-state index in [1.54, 1.807) is 12.0 Å². The van der Waals surface area contributed by atoms with Gasteiger partial charge in [-0.1, -0.05) is 24.9 Å². The van der Waals surface area contributed by atoms with Crippen LogP contribution >= 0.6 is 11.6 Å². The topological polar surface area (TPSA) is 96.6 Å². The lowest BCUT2D eigenvalue weighted by atomic mass is 10.0. The normalized spacial score (nSPS) is 20.4. The molecule has 0 aliphatic carbocycles. The predicted molar refractivity (Wildman–Crippen MR) is 102 cm³/mol. The quantitative estimate of drug-likeness (QED) is 0.792. The molecule has 2 N–H and O–H groups in total. The van der Waals surface area contributed by atoms with Crippen molar-refractivity contribution in [3.8, 4) is 0 Å². The highest BCUT2D eigenvalue weighted by atomic mass is 35.5. The van der Waals surface area contributed by atoms with Crippen molar-refractivity contribution in [3.63, 3.8) is 0 Å². The lowest BCUT2D eigenvalue weighted by Crippen LogP contribution is -2.56. The van der Waals surface area contributed by atoms with Crippen molar-refractivity contribution in [2.45, 2.75) is 64.7 Å². The van der Waals surface area contributed by atoms with Gasteiger partial charge in [0, 0.05) is 13.7 Å². The van der Waals surface area contributed by atoms with Crippen LogP contribution in [0.25, 0.3) is 0 Å². The van der Waals surface area contributed by atoms with E-state index in [9.17, 15) is 9.59 Å². The highest BCUT2D eigenvalue weighted by molar-refractivity contribution is 6.30. The molecule has 0 saturated carbocycles. The van der Waals surface area contributed by atoms with E-state index in [0.717, 1.165) is 18.5 Å². The zero-order valence-corrected chi connectivity index (χ0v) is 17.4. The molecular formula is C18H29ClN4O4. The van der Waals surface area contributed by atoms with E-state index in [-0.39, 0.29) is 30.0 Å². The van der Waals surface area contributed by atoms with Gasteiger partial charge in [-0.15, -0.1) is 0 Å². The van der Waals surface area contributed by atoms with Gasteiger partial charge < -0.3 is 24.7 Å². The number of carbonyl (C=O) groups is 2. The number of rotatable bonds is 5. The van der Waals surface area contributed by atoms with Crippen molar-refractivity contribution in [2.75, 3.05) is 20.2 Å². The molecule has 9 heteroatoms. The summed E-state index contributed by atoms with van der Waals surface area (Å²) in [5.41, 5.74) is 0.201. The zero-order chi connectivity index (χ0) is 20.2. The molecule has 1 aliphatic heterocycles. The molecule has 1 aromatic rings. The van der Waals surface area contributed by atoms with E-state index in [2.05, 4.69) is 15.3 Å². The second kappa shape index (κ2) is 8.93. The maximum atomic E-state index is 12.5. The van der Waals surface area contributed by atoms with Crippen LogP contribution in [0.2, 0.25) is 5.15 Å². The predicted octanol–water partition coefficient (Wildman–Crippen LogP) is 2.77. The Hall–Kier alpha value is -1.80. The van der Waals surface area contributed by atoms with Crippen LogP contribution in [-0.2, 0) is 15.9 Å². The first-order valence-electron chi connectivity index (χ1n) is 9.20. The summed E-state index contributed by atoms with van der Waals surface area (Å²) >= 11 is 6.07. The number of nitrogens with one attached hydrogen (secondary N) is 2. The van der Waals surface area contributed by atoms with Crippen molar-refractivity contribution >= 4 is 23.6 Å². The summed E-state index contributed by atoms with van der Waals surface area (Å²) in [5, 5.41) is 3.26. The molecule has 2 heterocycles. The third kappa shape index (κ3) is 5.84. The number of piperidine rings is 1. The van der Waals surface area contributed by atoms with Crippen LogP contribution in [0.4, 0.5) is 4.79 Å². The molecule has 152 valence electrons. The Labute approximate surface area is 164 Å². The number of methoxy groups -OCH3 is 1. The molecule has 2 rings (SSSR count). The standard InChI is InChI=1S/C18H29ClN4O4/c1-6-7-12-14(19)22-15(20-12)16(24)21-11-8-9-23(10-13(11)26-5)17(25)27-18(2,3)4/h11,13H,6-10H2,1-5H3,(H,20,22)(H,21,24). The molecule has 8 nitrogen and oxygen atoms in total. The number of aromatic nitrogens is 2. The number of H-pyrrole nitrogens is 1. The van der Waals surface area contributed by atoms with E-state index in [1.165, 1.54) is 0 Å². The molecule has 2 unspecified atom stereocenters. The maximum absolute atomic E-state index is 12.5. The molecule has 0 aromatic carbocycles. The van der Waals surface area contributed by atoms with Gasteiger partial charge in [-0.25, -0.2) is 9.78 Å². The van der Waals surface area contributed by atoms with Crippen LogP contribution in [0, 0.1) is 0 Å². The molecule has 1 saturated heterocycles. The van der Waals surface area contributed by atoms with Gasteiger partial charge in [0.15, 0.2) is 11.0 Å². The summed E-state index contributed by atoms with van der Waals surface area (Å²) in [4.78, 5) is 33.5. The summed E-state index contributed by atoms with van der Waals surface area (Å²) in [6.07, 6.45) is 1.47. The number of halogens is 1. The number of likely N-dealkylation sites (tertiary alicyclic amines) is 1. The van der Waals surface area contributed by atoms with Gasteiger partial charge >= 0.3 is 6.09 Å². The lowest BCUT2D eigenvalue weighted by Gasteiger charge is -2.38. The largest absolute Gasteiger partial charge is 0.444 e.